The number of aromatic nitrogens is 2. The molecule has 0 bridgehead atoms. The van der Waals surface area contributed by atoms with E-state index in [1.807, 2.05) is 0 Å². The van der Waals surface area contributed by atoms with Gasteiger partial charge in [-0.15, -0.1) is 0 Å². The van der Waals surface area contributed by atoms with E-state index in [1.165, 1.54) is 4.90 Å². The maximum absolute atomic E-state index is 14.3. The number of carbonyl (C=O) groups is 1. The number of hydrogen-bond donors (Lipinski definition) is 2. The Labute approximate surface area is 184 Å². The zero-order chi connectivity index (χ0) is 23.3. The van der Waals surface area contributed by atoms with Gasteiger partial charge in [-0.25, -0.2) is 13.8 Å². The van der Waals surface area contributed by atoms with E-state index in [4.69, 9.17) is 4.74 Å². The molecule has 7 nitrogen and oxygen atoms in total. The van der Waals surface area contributed by atoms with Gasteiger partial charge in [0, 0.05) is 43.3 Å². The Morgan fingerprint density at radius 1 is 1.19 bits per heavy atom. The number of amides is 1. The van der Waals surface area contributed by atoms with Gasteiger partial charge in [-0.1, -0.05) is 12.6 Å². The lowest BCUT2D eigenvalue weighted by Gasteiger charge is -2.24. The molecule has 0 fully saturated rings. The topological polar surface area (TPSA) is 79.4 Å². The summed E-state index contributed by atoms with van der Waals surface area (Å²) in [6.07, 6.45) is 2.27. The standard InChI is InChI=1S/C23H23F2N5O2/c1-5-20(31)27-15-9-11-17(12-10-15)30(3)21-19(23(2,24)25)14-26-22(29-21)28-16-7-6-8-18(13-16)32-4/h5-14H,1H2,2-4H3,(H,27,31)(H,26,28,29). The molecular weight excluding hydrogens is 416 g/mol. The molecule has 0 aliphatic carbocycles. The molecule has 2 aromatic carbocycles. The van der Waals surface area contributed by atoms with Crippen LogP contribution in [0.4, 0.5) is 37.6 Å². The van der Waals surface area contributed by atoms with Crippen LogP contribution in [0.25, 0.3) is 0 Å². The number of nitrogens with one attached hydrogen (secondary N) is 2. The molecule has 0 spiro atoms. The molecular formula is C23H23F2N5O2. The maximum Gasteiger partial charge on any atom is 0.275 e. The third-order valence-electron chi connectivity index (χ3n) is 4.59. The lowest BCUT2D eigenvalue weighted by Crippen LogP contribution is -2.20. The first kappa shape index (κ1) is 22.7. The van der Waals surface area contributed by atoms with Gasteiger partial charge < -0.3 is 20.3 Å². The SMILES string of the molecule is C=CC(=O)Nc1ccc(N(C)c2nc(Nc3cccc(OC)c3)ncc2C(C)(F)F)cc1. The molecule has 0 saturated carbocycles. The summed E-state index contributed by atoms with van der Waals surface area (Å²) in [4.78, 5) is 21.4. The molecule has 0 aliphatic rings. The van der Waals surface area contributed by atoms with Crippen molar-refractivity contribution in [3.05, 3.63) is 72.9 Å². The van der Waals surface area contributed by atoms with Gasteiger partial charge >= 0.3 is 0 Å². The number of nitrogens with zero attached hydrogens (tertiary/aromatic N) is 3. The van der Waals surface area contributed by atoms with Crippen molar-refractivity contribution in [2.24, 2.45) is 0 Å². The smallest absolute Gasteiger partial charge is 0.275 e. The van der Waals surface area contributed by atoms with Gasteiger partial charge in [0.25, 0.3) is 5.92 Å². The van der Waals surface area contributed by atoms with Crippen molar-refractivity contribution < 1.29 is 18.3 Å². The van der Waals surface area contributed by atoms with Crippen LogP contribution in [0.3, 0.4) is 0 Å². The second kappa shape index (κ2) is 9.42. The lowest BCUT2D eigenvalue weighted by atomic mass is 10.1. The Morgan fingerprint density at radius 2 is 1.91 bits per heavy atom. The fraction of sp³-hybridized carbons (Fsp3) is 0.174. The molecule has 3 aromatic rings. The largest absolute Gasteiger partial charge is 0.497 e. The van der Waals surface area contributed by atoms with Crippen LogP contribution in [0, 0.1) is 0 Å². The minimum absolute atomic E-state index is 0.0424. The minimum atomic E-state index is -3.16. The highest BCUT2D eigenvalue weighted by atomic mass is 19.3. The number of carbonyl (C=O) groups excluding carboxylic acids is 1. The molecule has 9 heteroatoms. The van der Waals surface area contributed by atoms with Crippen molar-refractivity contribution in [3.8, 4) is 5.75 Å². The van der Waals surface area contributed by atoms with Gasteiger partial charge in [0.2, 0.25) is 11.9 Å². The zero-order valence-electron chi connectivity index (χ0n) is 17.9. The molecule has 1 amide bonds. The summed E-state index contributed by atoms with van der Waals surface area (Å²) in [7, 11) is 3.18. The predicted molar refractivity (Wildman–Crippen MR) is 121 cm³/mol. The van der Waals surface area contributed by atoms with E-state index < -0.39 is 5.92 Å². The molecule has 0 saturated heterocycles. The summed E-state index contributed by atoms with van der Waals surface area (Å²) in [6.45, 7) is 4.20. The van der Waals surface area contributed by atoms with E-state index in [0.717, 1.165) is 19.2 Å². The van der Waals surface area contributed by atoms with E-state index in [2.05, 4.69) is 27.2 Å². The number of alkyl halides is 2. The molecule has 166 valence electrons. The van der Waals surface area contributed by atoms with Crippen LogP contribution in [-0.4, -0.2) is 30.0 Å². The molecule has 3 rings (SSSR count). The molecule has 32 heavy (non-hydrogen) atoms. The number of benzene rings is 2. The molecule has 1 aromatic heterocycles. The van der Waals surface area contributed by atoms with Crippen LogP contribution in [0.1, 0.15) is 12.5 Å². The van der Waals surface area contributed by atoms with Crippen LogP contribution in [0.2, 0.25) is 0 Å². The number of ether oxygens (including phenoxy) is 1. The number of rotatable bonds is 8. The first-order valence-corrected chi connectivity index (χ1v) is 9.65. The van der Waals surface area contributed by atoms with Crippen molar-refractivity contribution in [2.75, 3.05) is 29.7 Å². The molecule has 0 radical (unpaired) electrons. The third kappa shape index (κ3) is 5.37. The van der Waals surface area contributed by atoms with E-state index >= 15 is 0 Å². The molecule has 1 heterocycles. The van der Waals surface area contributed by atoms with Crippen molar-refractivity contribution in [3.63, 3.8) is 0 Å². The van der Waals surface area contributed by atoms with Gasteiger partial charge in [0.05, 0.1) is 12.7 Å². The summed E-state index contributed by atoms with van der Waals surface area (Å²) in [5.74, 6) is -2.67. The predicted octanol–water partition coefficient (Wildman–Crippen LogP) is 5.23. The van der Waals surface area contributed by atoms with Gasteiger partial charge in [-0.3, -0.25) is 4.79 Å². The monoisotopic (exact) mass is 439 g/mol. The summed E-state index contributed by atoms with van der Waals surface area (Å²) in [5.41, 5.74) is 1.48. The van der Waals surface area contributed by atoms with Crippen molar-refractivity contribution in [2.45, 2.75) is 12.8 Å². The molecule has 0 aliphatic heterocycles. The minimum Gasteiger partial charge on any atom is -0.497 e. The lowest BCUT2D eigenvalue weighted by molar-refractivity contribution is -0.111. The first-order valence-electron chi connectivity index (χ1n) is 9.65. The first-order chi connectivity index (χ1) is 15.2. The second-order valence-electron chi connectivity index (χ2n) is 6.98. The van der Waals surface area contributed by atoms with Crippen LogP contribution in [0.15, 0.2) is 67.4 Å². The Hall–Kier alpha value is -4.01. The highest BCUT2D eigenvalue weighted by Crippen LogP contribution is 2.36. The van der Waals surface area contributed by atoms with Crippen molar-refractivity contribution >= 4 is 34.7 Å². The number of methoxy groups -OCH3 is 1. The van der Waals surface area contributed by atoms with E-state index in [9.17, 15) is 13.6 Å². The highest BCUT2D eigenvalue weighted by molar-refractivity contribution is 5.98. The zero-order valence-corrected chi connectivity index (χ0v) is 17.9. The number of hydrogen-bond acceptors (Lipinski definition) is 6. The summed E-state index contributed by atoms with van der Waals surface area (Å²) >= 11 is 0. The fourth-order valence-corrected chi connectivity index (χ4v) is 2.91. The summed E-state index contributed by atoms with van der Waals surface area (Å²) in [6, 6.07) is 13.8. The quantitative estimate of drug-likeness (QED) is 0.468. The van der Waals surface area contributed by atoms with E-state index in [-0.39, 0.29) is 23.2 Å². The van der Waals surface area contributed by atoms with Gasteiger partial charge in [0.1, 0.15) is 11.6 Å². The van der Waals surface area contributed by atoms with Gasteiger partial charge in [-0.2, -0.15) is 4.98 Å². The van der Waals surface area contributed by atoms with Gasteiger partial charge in [-0.05, 0) is 42.5 Å². The fourth-order valence-electron chi connectivity index (χ4n) is 2.91. The Morgan fingerprint density at radius 3 is 2.53 bits per heavy atom. The van der Waals surface area contributed by atoms with Crippen molar-refractivity contribution in [1.82, 2.24) is 9.97 Å². The Balaban J connectivity index is 1.94. The second-order valence-corrected chi connectivity index (χ2v) is 6.98. The molecule has 0 atom stereocenters. The Kier molecular flexibility index (Phi) is 6.67. The maximum atomic E-state index is 14.3. The normalized spacial score (nSPS) is 10.9. The van der Waals surface area contributed by atoms with Crippen molar-refractivity contribution in [1.29, 1.82) is 0 Å². The van der Waals surface area contributed by atoms with E-state index in [1.54, 1.807) is 62.7 Å². The third-order valence-corrected chi connectivity index (χ3v) is 4.59. The number of anilines is 5. The van der Waals surface area contributed by atoms with Crippen LogP contribution >= 0.6 is 0 Å². The molecule has 2 N–H and O–H groups in total. The number of halogens is 2. The average molecular weight is 439 g/mol. The summed E-state index contributed by atoms with van der Waals surface area (Å²) in [5, 5.41) is 5.65. The van der Waals surface area contributed by atoms with E-state index in [0.29, 0.717) is 22.8 Å². The van der Waals surface area contributed by atoms with Crippen LogP contribution in [0.5, 0.6) is 5.75 Å². The highest BCUT2D eigenvalue weighted by Gasteiger charge is 2.31. The Bertz CT molecular complexity index is 1110. The summed E-state index contributed by atoms with van der Waals surface area (Å²) < 4.78 is 33.8. The average Bonchev–Trinajstić information content (AvgIpc) is 2.78. The van der Waals surface area contributed by atoms with Gasteiger partial charge in [0.15, 0.2) is 0 Å². The molecule has 0 unspecified atom stereocenters. The van der Waals surface area contributed by atoms with Crippen LogP contribution < -0.4 is 20.3 Å². The van der Waals surface area contributed by atoms with Crippen LogP contribution in [-0.2, 0) is 10.7 Å².